The predicted molar refractivity (Wildman–Crippen MR) is 96.3 cm³/mol. The number of carbonyl (C=O) groups is 1. The summed E-state index contributed by atoms with van der Waals surface area (Å²) in [5.74, 6) is 0.0291. The Morgan fingerprint density at radius 3 is 2.87 bits per heavy atom. The molecule has 1 aromatic rings. The fourth-order valence-electron chi connectivity index (χ4n) is 3.00. The molecule has 6 heteroatoms. The molecule has 2 N–H and O–H groups in total. The fourth-order valence-corrected chi connectivity index (χ4v) is 3.48. The average molecular weight is 358 g/mol. The smallest absolute Gasteiger partial charge is 0.237 e. The van der Waals surface area contributed by atoms with Crippen molar-refractivity contribution >= 4 is 29.1 Å². The number of hydrogen-bond donors (Lipinski definition) is 2. The van der Waals surface area contributed by atoms with Crippen molar-refractivity contribution in [3.8, 4) is 0 Å². The average Bonchev–Trinajstić information content (AvgIpc) is 2.54. The van der Waals surface area contributed by atoms with Gasteiger partial charge in [-0.1, -0.05) is 36.2 Å². The number of hydrogen-bond acceptors (Lipinski definition) is 3. The molecule has 0 aliphatic carbocycles. The predicted octanol–water partition coefficient (Wildman–Crippen LogP) is 2.72. The maximum atomic E-state index is 12.6. The molecular formula is C17H25Cl2N3O. The number of likely N-dealkylation sites (N-methyl/N-ethyl adjacent to an activating group) is 2. The first kappa shape index (κ1) is 18.5. The van der Waals surface area contributed by atoms with Crippen molar-refractivity contribution in [3.05, 3.63) is 33.8 Å². The molecule has 4 nitrogen and oxygen atoms in total. The molecule has 0 bridgehead atoms. The second-order valence-corrected chi connectivity index (χ2v) is 6.87. The SMILES string of the molecule is CCN1CCCC(NC(=O)C(Cc2ccc(Cl)cc2Cl)NC)C1. The third-order valence-corrected chi connectivity index (χ3v) is 4.99. The van der Waals surface area contributed by atoms with Crippen LogP contribution < -0.4 is 10.6 Å². The highest BCUT2D eigenvalue weighted by Gasteiger charge is 2.24. The van der Waals surface area contributed by atoms with Gasteiger partial charge in [-0.05, 0) is 57.1 Å². The minimum atomic E-state index is -0.300. The summed E-state index contributed by atoms with van der Waals surface area (Å²) in [6.45, 7) is 5.24. The fraction of sp³-hybridized carbons (Fsp3) is 0.588. The highest BCUT2D eigenvalue weighted by atomic mass is 35.5. The molecule has 1 saturated heterocycles. The Labute approximate surface area is 148 Å². The van der Waals surface area contributed by atoms with Crippen LogP contribution in [0.1, 0.15) is 25.3 Å². The van der Waals surface area contributed by atoms with Gasteiger partial charge in [-0.25, -0.2) is 0 Å². The van der Waals surface area contributed by atoms with Gasteiger partial charge in [0.25, 0.3) is 0 Å². The lowest BCUT2D eigenvalue weighted by molar-refractivity contribution is -0.124. The van der Waals surface area contributed by atoms with Crippen LogP contribution in [0.4, 0.5) is 0 Å². The molecule has 0 spiro atoms. The Kier molecular flexibility index (Phi) is 7.15. The number of halogens is 2. The molecular weight excluding hydrogens is 333 g/mol. The number of piperidine rings is 1. The summed E-state index contributed by atoms with van der Waals surface area (Å²) in [7, 11) is 1.80. The number of carbonyl (C=O) groups excluding carboxylic acids is 1. The van der Waals surface area contributed by atoms with E-state index in [1.54, 1.807) is 19.2 Å². The highest BCUT2D eigenvalue weighted by Crippen LogP contribution is 2.22. The molecule has 1 aromatic carbocycles. The van der Waals surface area contributed by atoms with E-state index in [9.17, 15) is 4.79 Å². The minimum absolute atomic E-state index is 0.0291. The van der Waals surface area contributed by atoms with Crippen molar-refractivity contribution in [3.63, 3.8) is 0 Å². The van der Waals surface area contributed by atoms with Crippen molar-refractivity contribution in [2.24, 2.45) is 0 Å². The number of amides is 1. The van der Waals surface area contributed by atoms with Crippen molar-refractivity contribution in [1.82, 2.24) is 15.5 Å². The van der Waals surface area contributed by atoms with Gasteiger partial charge in [-0.2, -0.15) is 0 Å². The maximum Gasteiger partial charge on any atom is 0.237 e. The van der Waals surface area contributed by atoms with Crippen molar-refractivity contribution in [1.29, 1.82) is 0 Å². The van der Waals surface area contributed by atoms with E-state index in [1.807, 2.05) is 6.07 Å². The lowest BCUT2D eigenvalue weighted by Crippen LogP contribution is -2.52. The van der Waals surface area contributed by atoms with Crippen LogP contribution in [0.3, 0.4) is 0 Å². The van der Waals surface area contributed by atoms with Gasteiger partial charge in [0.15, 0.2) is 0 Å². The van der Waals surface area contributed by atoms with Crippen molar-refractivity contribution in [2.75, 3.05) is 26.7 Å². The maximum absolute atomic E-state index is 12.6. The van der Waals surface area contributed by atoms with Crippen LogP contribution in [-0.4, -0.2) is 49.6 Å². The van der Waals surface area contributed by atoms with Crippen molar-refractivity contribution < 1.29 is 4.79 Å². The number of rotatable bonds is 6. The summed E-state index contributed by atoms with van der Waals surface area (Å²) in [6.07, 6.45) is 2.72. The topological polar surface area (TPSA) is 44.4 Å². The largest absolute Gasteiger partial charge is 0.351 e. The monoisotopic (exact) mass is 357 g/mol. The zero-order chi connectivity index (χ0) is 16.8. The number of nitrogens with one attached hydrogen (secondary N) is 2. The molecule has 1 amide bonds. The van der Waals surface area contributed by atoms with E-state index in [0.29, 0.717) is 16.5 Å². The van der Waals surface area contributed by atoms with Gasteiger partial charge in [0.1, 0.15) is 0 Å². The Bertz CT molecular complexity index is 539. The Morgan fingerprint density at radius 2 is 2.22 bits per heavy atom. The normalized spacial score (nSPS) is 20.3. The molecule has 128 valence electrons. The minimum Gasteiger partial charge on any atom is -0.351 e. The summed E-state index contributed by atoms with van der Waals surface area (Å²) >= 11 is 12.1. The van der Waals surface area contributed by atoms with E-state index in [-0.39, 0.29) is 18.0 Å². The molecule has 0 aromatic heterocycles. The van der Waals surface area contributed by atoms with Gasteiger partial charge in [0, 0.05) is 22.6 Å². The van der Waals surface area contributed by atoms with E-state index in [2.05, 4.69) is 22.5 Å². The van der Waals surface area contributed by atoms with E-state index < -0.39 is 0 Å². The molecule has 1 aliphatic rings. The standard InChI is InChI=1S/C17H25Cl2N3O/c1-3-22-8-4-5-14(11-22)21-17(23)16(20-2)9-12-6-7-13(18)10-15(12)19/h6-7,10,14,16,20H,3-5,8-9,11H2,1-2H3,(H,21,23). The molecule has 2 unspecified atom stereocenters. The van der Waals surface area contributed by atoms with Crippen LogP contribution in [-0.2, 0) is 11.2 Å². The third-order valence-electron chi connectivity index (χ3n) is 4.40. The number of benzene rings is 1. The number of likely N-dealkylation sites (tertiary alicyclic amines) is 1. The Hall–Kier alpha value is -0.810. The molecule has 1 heterocycles. The van der Waals surface area contributed by atoms with Crippen LogP contribution >= 0.6 is 23.2 Å². The Morgan fingerprint density at radius 1 is 1.43 bits per heavy atom. The van der Waals surface area contributed by atoms with Gasteiger partial charge < -0.3 is 15.5 Å². The summed E-state index contributed by atoms with van der Waals surface area (Å²) in [4.78, 5) is 14.9. The summed E-state index contributed by atoms with van der Waals surface area (Å²) in [6, 6.07) is 5.32. The van der Waals surface area contributed by atoms with Gasteiger partial charge >= 0.3 is 0 Å². The van der Waals surface area contributed by atoms with E-state index in [0.717, 1.165) is 38.0 Å². The van der Waals surface area contributed by atoms with Crippen molar-refractivity contribution in [2.45, 2.75) is 38.3 Å². The third kappa shape index (κ3) is 5.35. The van der Waals surface area contributed by atoms with Crippen LogP contribution in [0.15, 0.2) is 18.2 Å². The van der Waals surface area contributed by atoms with E-state index in [4.69, 9.17) is 23.2 Å². The van der Waals surface area contributed by atoms with E-state index in [1.165, 1.54) is 0 Å². The van der Waals surface area contributed by atoms with Gasteiger partial charge in [-0.3, -0.25) is 4.79 Å². The summed E-state index contributed by atoms with van der Waals surface area (Å²) in [5.41, 5.74) is 0.921. The molecule has 0 radical (unpaired) electrons. The molecule has 1 aliphatic heterocycles. The molecule has 23 heavy (non-hydrogen) atoms. The lowest BCUT2D eigenvalue weighted by Gasteiger charge is -2.33. The first-order valence-corrected chi connectivity index (χ1v) is 8.93. The molecule has 2 rings (SSSR count). The van der Waals surface area contributed by atoms with Crippen LogP contribution in [0.2, 0.25) is 10.0 Å². The van der Waals surface area contributed by atoms with E-state index >= 15 is 0 Å². The summed E-state index contributed by atoms with van der Waals surface area (Å²) < 4.78 is 0. The first-order chi connectivity index (χ1) is 11.0. The highest BCUT2D eigenvalue weighted by molar-refractivity contribution is 6.35. The van der Waals surface area contributed by atoms with Crippen LogP contribution in [0, 0.1) is 0 Å². The van der Waals surface area contributed by atoms with Gasteiger partial charge in [0.2, 0.25) is 5.91 Å². The zero-order valence-corrected chi connectivity index (χ0v) is 15.3. The first-order valence-electron chi connectivity index (χ1n) is 8.17. The quantitative estimate of drug-likeness (QED) is 0.822. The molecule has 0 saturated carbocycles. The molecule has 1 fully saturated rings. The van der Waals surface area contributed by atoms with Crippen LogP contribution in [0.25, 0.3) is 0 Å². The van der Waals surface area contributed by atoms with Gasteiger partial charge in [-0.15, -0.1) is 0 Å². The van der Waals surface area contributed by atoms with Crippen LogP contribution in [0.5, 0.6) is 0 Å². The van der Waals surface area contributed by atoms with Gasteiger partial charge in [0.05, 0.1) is 6.04 Å². The Balaban J connectivity index is 1.95. The molecule has 2 atom stereocenters. The number of nitrogens with zero attached hydrogens (tertiary/aromatic N) is 1. The zero-order valence-electron chi connectivity index (χ0n) is 13.7. The summed E-state index contributed by atoms with van der Waals surface area (Å²) in [5, 5.41) is 7.46. The lowest BCUT2D eigenvalue weighted by atomic mass is 10.0. The second-order valence-electron chi connectivity index (χ2n) is 6.02. The second kappa shape index (κ2) is 8.88.